The molecule has 0 radical (unpaired) electrons. The minimum Gasteiger partial charge on any atom is -0.462 e. The predicted octanol–water partition coefficient (Wildman–Crippen LogP) is 3.35. The van der Waals surface area contributed by atoms with Crippen LogP contribution in [0.1, 0.15) is 24.4 Å². The van der Waals surface area contributed by atoms with Crippen molar-refractivity contribution in [1.82, 2.24) is 16.2 Å². The molecule has 0 unspecified atom stereocenters. The zero-order chi connectivity index (χ0) is 22.1. The van der Waals surface area contributed by atoms with Gasteiger partial charge in [-0.2, -0.15) is 0 Å². The van der Waals surface area contributed by atoms with Crippen LogP contribution in [0.25, 0.3) is 6.08 Å². The van der Waals surface area contributed by atoms with Gasteiger partial charge in [0.15, 0.2) is 5.11 Å². The van der Waals surface area contributed by atoms with Crippen LogP contribution in [0, 0.1) is 6.92 Å². The minimum atomic E-state index is -0.505. The minimum absolute atomic E-state index is 0.0864. The number of furan rings is 1. The summed E-state index contributed by atoms with van der Waals surface area (Å²) in [4.78, 5) is 35.5. The van der Waals surface area contributed by atoms with Crippen molar-refractivity contribution in [2.75, 3.05) is 5.32 Å². The quantitative estimate of drug-likeness (QED) is 0.293. The van der Waals surface area contributed by atoms with Crippen LogP contribution in [0.4, 0.5) is 5.69 Å². The fourth-order valence-corrected chi connectivity index (χ4v) is 2.71. The number of nitrogens with one attached hydrogen (secondary N) is 4. The zero-order valence-corrected chi connectivity index (χ0v) is 18.1. The number of amides is 3. The molecule has 0 aliphatic rings. The van der Waals surface area contributed by atoms with E-state index < -0.39 is 17.7 Å². The Labute approximate surface area is 187 Å². The summed E-state index contributed by atoms with van der Waals surface area (Å²) in [5.74, 6) is -0.156. The van der Waals surface area contributed by atoms with Crippen LogP contribution < -0.4 is 21.5 Å². The number of hydrazine groups is 1. The molecule has 30 heavy (non-hydrogen) atoms. The highest BCUT2D eigenvalue weighted by molar-refractivity contribution is 7.80. The smallest absolute Gasteiger partial charge is 0.250 e. The van der Waals surface area contributed by atoms with Gasteiger partial charge in [0.1, 0.15) is 11.5 Å². The summed E-state index contributed by atoms with van der Waals surface area (Å²) in [6.45, 7) is 1.79. The Morgan fingerprint density at radius 1 is 1.07 bits per heavy atom. The maximum absolute atomic E-state index is 11.9. The number of carbonyl (C=O) groups excluding carboxylic acids is 3. The first-order valence-electron chi connectivity index (χ1n) is 8.62. The van der Waals surface area contributed by atoms with Gasteiger partial charge in [-0.05, 0) is 55.5 Å². The summed E-state index contributed by atoms with van der Waals surface area (Å²) < 4.78 is 5.30. The number of hydrogen-bond donors (Lipinski definition) is 4. The summed E-state index contributed by atoms with van der Waals surface area (Å²) in [7, 11) is 0. The van der Waals surface area contributed by atoms with E-state index in [-0.39, 0.29) is 18.0 Å². The van der Waals surface area contributed by atoms with Crippen LogP contribution in [0.5, 0.6) is 0 Å². The summed E-state index contributed by atoms with van der Waals surface area (Å²) in [6.07, 6.45) is 2.52. The fourth-order valence-electron chi connectivity index (χ4n) is 2.11. The molecule has 3 amide bonds. The molecule has 1 aromatic carbocycles. The highest BCUT2D eigenvalue weighted by atomic mass is 35.5. The number of carbonyl (C=O) groups is 3. The second kappa shape index (κ2) is 11.3. The first-order valence-corrected chi connectivity index (χ1v) is 9.78. The first kappa shape index (κ1) is 23.4. The van der Waals surface area contributed by atoms with Gasteiger partial charge >= 0.3 is 0 Å². The summed E-state index contributed by atoms with van der Waals surface area (Å²) in [5.41, 5.74) is 5.07. The Morgan fingerprint density at radius 3 is 2.47 bits per heavy atom. The molecule has 0 aliphatic heterocycles. The third-order valence-electron chi connectivity index (χ3n) is 3.50. The van der Waals surface area contributed by atoms with Crippen molar-refractivity contribution in [3.05, 3.63) is 58.0 Å². The lowest BCUT2D eigenvalue weighted by Gasteiger charge is -2.10. The molecule has 2 aromatic rings. The van der Waals surface area contributed by atoms with Crippen LogP contribution in [-0.2, 0) is 14.4 Å². The van der Waals surface area contributed by atoms with Gasteiger partial charge < -0.3 is 9.73 Å². The third-order valence-corrected chi connectivity index (χ3v) is 4.25. The van der Waals surface area contributed by atoms with E-state index in [1.807, 2.05) is 0 Å². The van der Waals surface area contributed by atoms with E-state index in [1.165, 1.54) is 18.2 Å². The Bertz CT molecular complexity index is 991. The Morgan fingerprint density at radius 2 is 1.80 bits per heavy atom. The largest absolute Gasteiger partial charge is 0.462 e. The highest BCUT2D eigenvalue weighted by Gasteiger charge is 2.10. The average Bonchev–Trinajstić information content (AvgIpc) is 3.10. The van der Waals surface area contributed by atoms with Gasteiger partial charge in [0.25, 0.3) is 0 Å². The molecule has 8 nitrogen and oxygen atoms in total. The molecule has 0 atom stereocenters. The Kier molecular flexibility index (Phi) is 8.85. The lowest BCUT2D eigenvalue weighted by atomic mass is 10.2. The summed E-state index contributed by atoms with van der Waals surface area (Å²) >= 11 is 16.7. The number of rotatable bonds is 6. The molecule has 0 saturated heterocycles. The Balaban J connectivity index is 1.67. The van der Waals surface area contributed by atoms with Crippen molar-refractivity contribution in [1.29, 1.82) is 0 Å². The van der Waals surface area contributed by atoms with E-state index in [2.05, 4.69) is 21.5 Å². The van der Waals surface area contributed by atoms with Crippen LogP contribution >= 0.6 is 35.4 Å². The molecule has 0 aliphatic carbocycles. The van der Waals surface area contributed by atoms with Gasteiger partial charge in [-0.1, -0.05) is 23.2 Å². The van der Waals surface area contributed by atoms with Crippen molar-refractivity contribution in [2.45, 2.75) is 19.8 Å². The number of thiocarbonyl (C=S) groups is 1. The number of aryl methyl sites for hydroxylation is 1. The standard InChI is InChI=1S/C19H18Cl2N4O4S/c1-11-2-4-13(29-11)5-7-17(27)23-19(30)25-24-18(28)9-8-16(26)22-15-6-3-12(20)10-14(15)21/h2-7,10H,8-9H2,1H3,(H,22,26)(H,24,28)(H2,23,25,27,30)/b7-5+. The van der Waals surface area contributed by atoms with Crippen molar-refractivity contribution >= 4 is 70.0 Å². The molecule has 0 bridgehead atoms. The molecule has 1 aromatic heterocycles. The van der Waals surface area contributed by atoms with Crippen molar-refractivity contribution in [3.8, 4) is 0 Å². The first-order chi connectivity index (χ1) is 14.2. The van der Waals surface area contributed by atoms with Gasteiger partial charge in [-0.15, -0.1) is 0 Å². The predicted molar refractivity (Wildman–Crippen MR) is 119 cm³/mol. The molecule has 0 saturated carbocycles. The molecule has 158 valence electrons. The van der Waals surface area contributed by atoms with Crippen molar-refractivity contribution in [3.63, 3.8) is 0 Å². The van der Waals surface area contributed by atoms with Gasteiger partial charge in [0.05, 0.1) is 10.7 Å². The molecular formula is C19H18Cl2N4O4S. The number of benzene rings is 1. The molecule has 11 heteroatoms. The van der Waals surface area contributed by atoms with Gasteiger partial charge in [-0.25, -0.2) is 0 Å². The Hall–Kier alpha value is -2.88. The van der Waals surface area contributed by atoms with E-state index in [4.69, 9.17) is 39.8 Å². The third kappa shape index (κ3) is 8.24. The average molecular weight is 469 g/mol. The monoisotopic (exact) mass is 468 g/mol. The van der Waals surface area contributed by atoms with E-state index in [1.54, 1.807) is 31.2 Å². The highest BCUT2D eigenvalue weighted by Crippen LogP contribution is 2.25. The van der Waals surface area contributed by atoms with E-state index in [9.17, 15) is 14.4 Å². The van der Waals surface area contributed by atoms with Gasteiger partial charge in [-0.3, -0.25) is 30.6 Å². The molecular weight excluding hydrogens is 451 g/mol. The molecule has 4 N–H and O–H groups in total. The summed E-state index contributed by atoms with van der Waals surface area (Å²) in [5, 5.41) is 5.57. The lowest BCUT2D eigenvalue weighted by Crippen LogP contribution is -2.48. The molecule has 0 fully saturated rings. The van der Waals surface area contributed by atoms with Gasteiger partial charge in [0.2, 0.25) is 17.7 Å². The maximum Gasteiger partial charge on any atom is 0.250 e. The second-order valence-corrected chi connectivity index (χ2v) is 7.20. The number of anilines is 1. The fraction of sp³-hybridized carbons (Fsp3) is 0.158. The molecule has 2 rings (SSSR count). The number of halogens is 2. The second-order valence-electron chi connectivity index (χ2n) is 5.95. The van der Waals surface area contributed by atoms with Crippen LogP contribution in [0.3, 0.4) is 0 Å². The molecule has 0 spiro atoms. The lowest BCUT2D eigenvalue weighted by molar-refractivity contribution is -0.124. The maximum atomic E-state index is 11.9. The normalized spacial score (nSPS) is 10.5. The summed E-state index contributed by atoms with van der Waals surface area (Å²) in [6, 6.07) is 8.12. The van der Waals surface area contributed by atoms with Crippen LogP contribution in [0.15, 0.2) is 40.8 Å². The number of hydrogen-bond acceptors (Lipinski definition) is 5. The molecule has 1 heterocycles. The van der Waals surface area contributed by atoms with Gasteiger partial charge in [0, 0.05) is 23.9 Å². The van der Waals surface area contributed by atoms with E-state index in [0.29, 0.717) is 21.5 Å². The SMILES string of the molecule is Cc1ccc(/C=C/C(=O)NC(=S)NNC(=O)CCC(=O)Nc2ccc(Cl)cc2Cl)o1. The van der Waals surface area contributed by atoms with E-state index in [0.717, 1.165) is 5.76 Å². The van der Waals surface area contributed by atoms with E-state index >= 15 is 0 Å². The van der Waals surface area contributed by atoms with Crippen molar-refractivity contribution < 1.29 is 18.8 Å². The zero-order valence-electron chi connectivity index (χ0n) is 15.8. The van der Waals surface area contributed by atoms with Crippen molar-refractivity contribution in [2.24, 2.45) is 0 Å². The topological polar surface area (TPSA) is 112 Å². The van der Waals surface area contributed by atoms with Crippen LogP contribution in [-0.4, -0.2) is 22.8 Å². The van der Waals surface area contributed by atoms with Crippen LogP contribution in [0.2, 0.25) is 10.0 Å².